The topological polar surface area (TPSA) is 19.6 Å². The molecule has 1 aromatic heterocycles. The number of piperazine rings is 1. The van der Waals surface area contributed by atoms with Crippen LogP contribution < -0.4 is 0 Å². The number of piperidine rings is 1. The van der Waals surface area contributed by atoms with E-state index < -0.39 is 0 Å². The van der Waals surface area contributed by atoms with E-state index in [0.717, 1.165) is 11.8 Å². The second-order valence-electron chi connectivity index (χ2n) is 6.84. The molecule has 2 aliphatic heterocycles. The van der Waals surface area contributed by atoms with E-state index in [1.165, 1.54) is 38.9 Å². The third kappa shape index (κ3) is 2.66. The summed E-state index contributed by atoms with van der Waals surface area (Å²) in [6.07, 6.45) is 5.95. The Bertz CT molecular complexity index is 415. The van der Waals surface area contributed by atoms with Crippen molar-refractivity contribution in [3.63, 3.8) is 0 Å². The summed E-state index contributed by atoms with van der Waals surface area (Å²) in [4.78, 5) is 5.43. The fourth-order valence-corrected chi connectivity index (χ4v) is 3.96. The van der Waals surface area contributed by atoms with Crippen LogP contribution in [0.3, 0.4) is 0 Å². The maximum absolute atomic E-state index is 5.66. The van der Waals surface area contributed by atoms with E-state index in [1.807, 2.05) is 6.07 Å². The quantitative estimate of drug-likeness (QED) is 0.842. The average Bonchev–Trinajstić information content (AvgIpc) is 2.99. The number of fused-ring (bicyclic) bond motifs is 1. The molecular weight excluding hydrogens is 248 g/mol. The molecule has 3 nitrogen and oxygen atoms in total. The highest BCUT2D eigenvalue weighted by Gasteiger charge is 2.38. The summed E-state index contributed by atoms with van der Waals surface area (Å²) in [7, 11) is 0. The first kappa shape index (κ1) is 14.2. The largest absolute Gasteiger partial charge is 0.468 e. The van der Waals surface area contributed by atoms with Crippen LogP contribution in [0.1, 0.15) is 51.8 Å². The first-order valence-corrected chi connectivity index (χ1v) is 8.20. The van der Waals surface area contributed by atoms with Crippen LogP contribution >= 0.6 is 0 Å². The molecule has 20 heavy (non-hydrogen) atoms. The predicted octanol–water partition coefficient (Wildman–Crippen LogP) is 3.54. The Morgan fingerprint density at radius 3 is 2.75 bits per heavy atom. The number of furan rings is 1. The van der Waals surface area contributed by atoms with Crippen molar-refractivity contribution >= 4 is 0 Å². The van der Waals surface area contributed by atoms with Gasteiger partial charge in [-0.15, -0.1) is 0 Å². The van der Waals surface area contributed by atoms with Crippen molar-refractivity contribution in [2.24, 2.45) is 5.92 Å². The monoisotopic (exact) mass is 276 g/mol. The highest BCUT2D eigenvalue weighted by atomic mass is 16.3. The normalized spacial score (nSPS) is 30.4. The molecule has 0 aromatic carbocycles. The van der Waals surface area contributed by atoms with Crippen molar-refractivity contribution in [2.75, 3.05) is 19.6 Å². The summed E-state index contributed by atoms with van der Waals surface area (Å²) >= 11 is 0. The first-order chi connectivity index (χ1) is 9.66. The van der Waals surface area contributed by atoms with Gasteiger partial charge in [0.15, 0.2) is 0 Å². The summed E-state index contributed by atoms with van der Waals surface area (Å²) in [6, 6.07) is 5.92. The molecule has 2 fully saturated rings. The van der Waals surface area contributed by atoms with Crippen molar-refractivity contribution < 1.29 is 4.42 Å². The lowest BCUT2D eigenvalue weighted by atomic mass is 9.90. The molecule has 0 spiro atoms. The van der Waals surface area contributed by atoms with Crippen LogP contribution in [0, 0.1) is 5.92 Å². The lowest BCUT2D eigenvalue weighted by Crippen LogP contribution is -2.61. The number of hydrogen-bond acceptors (Lipinski definition) is 3. The van der Waals surface area contributed by atoms with Gasteiger partial charge in [-0.2, -0.15) is 0 Å². The molecule has 0 bridgehead atoms. The number of nitrogens with zero attached hydrogens (tertiary/aromatic N) is 2. The molecule has 3 atom stereocenters. The molecule has 0 aliphatic carbocycles. The van der Waals surface area contributed by atoms with Crippen LogP contribution in [0.2, 0.25) is 0 Å². The summed E-state index contributed by atoms with van der Waals surface area (Å²) in [5.41, 5.74) is 0. The van der Waals surface area contributed by atoms with Gasteiger partial charge in [0.2, 0.25) is 0 Å². The number of hydrogen-bond donors (Lipinski definition) is 0. The van der Waals surface area contributed by atoms with Gasteiger partial charge in [0.25, 0.3) is 0 Å². The van der Waals surface area contributed by atoms with E-state index in [1.54, 1.807) is 6.26 Å². The van der Waals surface area contributed by atoms with E-state index in [4.69, 9.17) is 4.42 Å². The lowest BCUT2D eigenvalue weighted by molar-refractivity contribution is -0.0310. The van der Waals surface area contributed by atoms with E-state index in [2.05, 4.69) is 36.6 Å². The highest BCUT2D eigenvalue weighted by molar-refractivity contribution is 5.06. The standard InChI is InChI=1S/C17H28N2O/c1-13(2)16-12-18-9-5-4-7-15(18)11-19(16)14(3)17-8-6-10-20-17/h6,8,10,13-16H,4-5,7,9,11-12H2,1-3H3. The molecule has 1 aromatic rings. The van der Waals surface area contributed by atoms with Gasteiger partial charge in [0.05, 0.1) is 12.3 Å². The van der Waals surface area contributed by atoms with Gasteiger partial charge in [-0.25, -0.2) is 0 Å². The van der Waals surface area contributed by atoms with Crippen LogP contribution in [0.25, 0.3) is 0 Å². The molecule has 3 heteroatoms. The molecule has 0 radical (unpaired) electrons. The fraction of sp³-hybridized carbons (Fsp3) is 0.765. The smallest absolute Gasteiger partial charge is 0.120 e. The van der Waals surface area contributed by atoms with Crippen molar-refractivity contribution in [1.29, 1.82) is 0 Å². The van der Waals surface area contributed by atoms with Gasteiger partial charge >= 0.3 is 0 Å². The lowest BCUT2D eigenvalue weighted by Gasteiger charge is -2.51. The summed E-state index contributed by atoms with van der Waals surface area (Å²) in [5, 5.41) is 0. The summed E-state index contributed by atoms with van der Waals surface area (Å²) in [5.74, 6) is 1.80. The molecule has 3 heterocycles. The van der Waals surface area contributed by atoms with Gasteiger partial charge in [-0.1, -0.05) is 20.3 Å². The Hall–Kier alpha value is -0.800. The van der Waals surface area contributed by atoms with Gasteiger partial charge < -0.3 is 4.42 Å². The Morgan fingerprint density at radius 1 is 1.20 bits per heavy atom. The van der Waals surface area contributed by atoms with E-state index in [0.29, 0.717) is 18.0 Å². The maximum atomic E-state index is 5.66. The highest BCUT2D eigenvalue weighted by Crippen LogP contribution is 2.33. The molecule has 112 valence electrons. The second-order valence-corrected chi connectivity index (χ2v) is 6.84. The molecule has 3 unspecified atom stereocenters. The molecule has 3 rings (SSSR count). The Morgan fingerprint density at radius 2 is 2.05 bits per heavy atom. The predicted molar refractivity (Wildman–Crippen MR) is 81.7 cm³/mol. The molecular formula is C17H28N2O. The molecule has 0 saturated carbocycles. The maximum Gasteiger partial charge on any atom is 0.120 e. The second kappa shape index (κ2) is 5.90. The molecule has 2 saturated heterocycles. The van der Waals surface area contributed by atoms with E-state index in [9.17, 15) is 0 Å². The number of rotatable bonds is 3. The SMILES string of the molecule is CC(C)C1CN2CCCCC2CN1C(C)c1ccco1. The molecule has 2 aliphatic rings. The average molecular weight is 276 g/mol. The molecule has 0 amide bonds. The van der Waals surface area contributed by atoms with Gasteiger partial charge in [0, 0.05) is 25.2 Å². The minimum atomic E-state index is 0.390. The minimum absolute atomic E-state index is 0.390. The Labute approximate surface area is 122 Å². The van der Waals surface area contributed by atoms with Gasteiger partial charge in [-0.05, 0) is 44.4 Å². The van der Waals surface area contributed by atoms with E-state index >= 15 is 0 Å². The van der Waals surface area contributed by atoms with Crippen molar-refractivity contribution in [1.82, 2.24) is 9.80 Å². The summed E-state index contributed by atoms with van der Waals surface area (Å²) in [6.45, 7) is 10.7. The zero-order chi connectivity index (χ0) is 14.1. The minimum Gasteiger partial charge on any atom is -0.468 e. The fourth-order valence-electron chi connectivity index (χ4n) is 3.96. The van der Waals surface area contributed by atoms with Crippen LogP contribution in [-0.4, -0.2) is 41.5 Å². The molecule has 0 N–H and O–H groups in total. The summed E-state index contributed by atoms with van der Waals surface area (Å²) < 4.78 is 5.66. The van der Waals surface area contributed by atoms with Crippen molar-refractivity contribution in [3.05, 3.63) is 24.2 Å². The van der Waals surface area contributed by atoms with E-state index in [-0.39, 0.29) is 0 Å². The van der Waals surface area contributed by atoms with Crippen LogP contribution in [-0.2, 0) is 0 Å². The van der Waals surface area contributed by atoms with Gasteiger partial charge in [0.1, 0.15) is 5.76 Å². The van der Waals surface area contributed by atoms with Crippen molar-refractivity contribution in [3.8, 4) is 0 Å². The zero-order valence-electron chi connectivity index (χ0n) is 13.1. The Balaban J connectivity index is 1.79. The van der Waals surface area contributed by atoms with Crippen LogP contribution in [0.4, 0.5) is 0 Å². The third-order valence-corrected chi connectivity index (χ3v) is 5.24. The Kier molecular flexibility index (Phi) is 4.18. The van der Waals surface area contributed by atoms with Crippen LogP contribution in [0.15, 0.2) is 22.8 Å². The first-order valence-electron chi connectivity index (χ1n) is 8.20. The van der Waals surface area contributed by atoms with Crippen molar-refractivity contribution in [2.45, 2.75) is 58.2 Å². The van der Waals surface area contributed by atoms with Crippen LogP contribution in [0.5, 0.6) is 0 Å². The third-order valence-electron chi connectivity index (χ3n) is 5.24. The van der Waals surface area contributed by atoms with Gasteiger partial charge in [-0.3, -0.25) is 9.80 Å². The zero-order valence-corrected chi connectivity index (χ0v) is 13.1.